The Hall–Kier alpha value is -1.98. The van der Waals surface area contributed by atoms with E-state index in [2.05, 4.69) is 10.6 Å². The highest BCUT2D eigenvalue weighted by Crippen LogP contribution is 2.11. The number of hydrogen-bond donors (Lipinski definition) is 2. The summed E-state index contributed by atoms with van der Waals surface area (Å²) in [7, 11) is 0. The Morgan fingerprint density at radius 3 is 2.47 bits per heavy atom. The van der Waals surface area contributed by atoms with E-state index in [1.165, 1.54) is 0 Å². The van der Waals surface area contributed by atoms with Gasteiger partial charge in [-0.1, -0.05) is 0 Å². The van der Waals surface area contributed by atoms with Gasteiger partial charge >= 0.3 is 0 Å². The van der Waals surface area contributed by atoms with Gasteiger partial charge in [-0.15, -0.1) is 0 Å². The molecule has 90 valence electrons. The van der Waals surface area contributed by atoms with Crippen LogP contribution in [0.1, 0.15) is 5.56 Å². The van der Waals surface area contributed by atoms with E-state index >= 15 is 0 Å². The molecule has 0 spiro atoms. The Kier molecular flexibility index (Phi) is 3.03. The molecule has 0 unspecified atom stereocenters. The highest BCUT2D eigenvalue weighted by molar-refractivity contribution is 5.94. The van der Waals surface area contributed by atoms with Crippen LogP contribution in [0, 0.1) is 11.6 Å². The average Bonchev–Trinajstić information content (AvgIpc) is 2.22. The van der Waals surface area contributed by atoms with Crippen LogP contribution in [-0.4, -0.2) is 24.4 Å². The Morgan fingerprint density at radius 2 is 1.82 bits per heavy atom. The first-order valence-electron chi connectivity index (χ1n) is 5.06. The number of rotatable bonds is 2. The summed E-state index contributed by atoms with van der Waals surface area (Å²) in [5, 5.41) is 4.85. The number of amides is 2. The van der Waals surface area contributed by atoms with E-state index < -0.39 is 17.7 Å². The van der Waals surface area contributed by atoms with Crippen LogP contribution in [-0.2, 0) is 16.0 Å². The smallest absolute Gasteiger partial charge is 0.243 e. The number of piperazine rings is 1. The fraction of sp³-hybridized carbons (Fsp3) is 0.273. The molecule has 1 aliphatic rings. The van der Waals surface area contributed by atoms with Crippen molar-refractivity contribution < 1.29 is 18.4 Å². The highest BCUT2D eigenvalue weighted by Gasteiger charge is 2.26. The second kappa shape index (κ2) is 4.48. The van der Waals surface area contributed by atoms with Crippen LogP contribution in [0.5, 0.6) is 0 Å². The summed E-state index contributed by atoms with van der Waals surface area (Å²) in [6.07, 6.45) is 0.0618. The lowest BCUT2D eigenvalue weighted by atomic mass is 10.0. The summed E-state index contributed by atoms with van der Waals surface area (Å²) in [6.45, 7) is -0.0627. The first-order chi connectivity index (χ1) is 8.04. The molecule has 0 bridgehead atoms. The van der Waals surface area contributed by atoms with Crippen LogP contribution >= 0.6 is 0 Å². The van der Waals surface area contributed by atoms with Crippen molar-refractivity contribution in [3.05, 3.63) is 35.4 Å². The number of hydrogen-bond acceptors (Lipinski definition) is 2. The van der Waals surface area contributed by atoms with E-state index in [1.807, 2.05) is 0 Å². The Labute approximate surface area is 96.0 Å². The molecule has 4 nitrogen and oxygen atoms in total. The molecule has 0 saturated carbocycles. The van der Waals surface area contributed by atoms with E-state index in [4.69, 9.17) is 0 Å². The molecule has 1 atom stereocenters. The number of carbonyl (C=O) groups excluding carboxylic acids is 2. The van der Waals surface area contributed by atoms with Crippen LogP contribution in [0.2, 0.25) is 0 Å². The first kappa shape index (κ1) is 11.5. The predicted molar refractivity (Wildman–Crippen MR) is 55.0 cm³/mol. The Balaban J connectivity index is 2.13. The largest absolute Gasteiger partial charge is 0.345 e. The van der Waals surface area contributed by atoms with E-state index in [0.717, 1.165) is 18.2 Å². The maximum atomic E-state index is 12.9. The second-order valence-corrected chi connectivity index (χ2v) is 3.82. The van der Waals surface area contributed by atoms with Gasteiger partial charge in [0.2, 0.25) is 11.8 Å². The van der Waals surface area contributed by atoms with Gasteiger partial charge in [-0.3, -0.25) is 9.59 Å². The van der Waals surface area contributed by atoms with Gasteiger partial charge in [-0.05, 0) is 17.7 Å². The van der Waals surface area contributed by atoms with Gasteiger partial charge in [0.15, 0.2) is 0 Å². The molecule has 1 aliphatic heterocycles. The van der Waals surface area contributed by atoms with Crippen molar-refractivity contribution in [3.63, 3.8) is 0 Å². The summed E-state index contributed by atoms with van der Waals surface area (Å²) < 4.78 is 25.9. The summed E-state index contributed by atoms with van der Waals surface area (Å²) in [4.78, 5) is 22.5. The molecule has 6 heteroatoms. The van der Waals surface area contributed by atoms with E-state index in [-0.39, 0.29) is 24.8 Å². The molecule has 2 amide bonds. The first-order valence-corrected chi connectivity index (χ1v) is 5.06. The zero-order chi connectivity index (χ0) is 12.4. The van der Waals surface area contributed by atoms with E-state index in [9.17, 15) is 18.4 Å². The fourth-order valence-corrected chi connectivity index (χ4v) is 1.71. The van der Waals surface area contributed by atoms with Crippen LogP contribution < -0.4 is 10.6 Å². The van der Waals surface area contributed by atoms with Crippen molar-refractivity contribution in [3.8, 4) is 0 Å². The molecule has 1 heterocycles. The monoisotopic (exact) mass is 240 g/mol. The maximum absolute atomic E-state index is 12.9. The van der Waals surface area contributed by atoms with Crippen molar-refractivity contribution in [2.75, 3.05) is 6.54 Å². The predicted octanol–water partition coefficient (Wildman–Crippen LogP) is 0.122. The van der Waals surface area contributed by atoms with E-state index in [1.54, 1.807) is 0 Å². The second-order valence-electron chi connectivity index (χ2n) is 3.82. The third-order valence-corrected chi connectivity index (χ3v) is 2.44. The molecule has 1 aromatic rings. The molecule has 1 saturated heterocycles. The Morgan fingerprint density at radius 1 is 1.18 bits per heavy atom. The third-order valence-electron chi connectivity index (χ3n) is 2.44. The molecule has 1 aromatic carbocycles. The zero-order valence-electron chi connectivity index (χ0n) is 8.80. The van der Waals surface area contributed by atoms with Gasteiger partial charge < -0.3 is 10.6 Å². The van der Waals surface area contributed by atoms with Gasteiger partial charge in [0.1, 0.15) is 17.7 Å². The standard InChI is InChI=1S/C11H10F2N2O2/c12-7-1-6(2-8(13)4-7)3-9-11(17)14-5-10(16)15-9/h1-2,4,9H,3,5H2,(H,14,17)(H,15,16)/t9-/m0/s1. The van der Waals surface area contributed by atoms with Crippen molar-refractivity contribution in [1.82, 2.24) is 10.6 Å². The fourth-order valence-electron chi connectivity index (χ4n) is 1.71. The molecule has 0 aromatic heterocycles. The topological polar surface area (TPSA) is 58.2 Å². The molecule has 1 fully saturated rings. The number of carbonyl (C=O) groups is 2. The van der Waals surface area contributed by atoms with Gasteiger partial charge in [-0.2, -0.15) is 0 Å². The zero-order valence-corrected chi connectivity index (χ0v) is 8.80. The van der Waals surface area contributed by atoms with Crippen molar-refractivity contribution in [2.45, 2.75) is 12.5 Å². The SMILES string of the molecule is O=C1CNC(=O)[C@H](Cc2cc(F)cc(F)c2)N1. The third kappa shape index (κ3) is 2.77. The number of nitrogens with one attached hydrogen (secondary N) is 2. The quantitative estimate of drug-likeness (QED) is 0.771. The van der Waals surface area contributed by atoms with E-state index in [0.29, 0.717) is 5.56 Å². The lowest BCUT2D eigenvalue weighted by molar-refractivity contribution is -0.133. The number of benzene rings is 1. The van der Waals surface area contributed by atoms with Gasteiger partial charge in [-0.25, -0.2) is 8.78 Å². The minimum Gasteiger partial charge on any atom is -0.345 e. The maximum Gasteiger partial charge on any atom is 0.243 e. The van der Waals surface area contributed by atoms with Crippen molar-refractivity contribution in [2.24, 2.45) is 0 Å². The van der Waals surface area contributed by atoms with Crippen LogP contribution in [0.3, 0.4) is 0 Å². The van der Waals surface area contributed by atoms with Crippen LogP contribution in [0.25, 0.3) is 0 Å². The van der Waals surface area contributed by atoms with Crippen molar-refractivity contribution in [1.29, 1.82) is 0 Å². The molecule has 0 aliphatic carbocycles. The highest BCUT2D eigenvalue weighted by atomic mass is 19.1. The number of halogens is 2. The van der Waals surface area contributed by atoms with Gasteiger partial charge in [0.05, 0.1) is 6.54 Å². The van der Waals surface area contributed by atoms with Crippen LogP contribution in [0.15, 0.2) is 18.2 Å². The summed E-state index contributed by atoms with van der Waals surface area (Å²) in [5.74, 6) is -2.08. The van der Waals surface area contributed by atoms with Crippen molar-refractivity contribution >= 4 is 11.8 Å². The molecule has 17 heavy (non-hydrogen) atoms. The van der Waals surface area contributed by atoms with Crippen LogP contribution in [0.4, 0.5) is 8.78 Å². The molecular weight excluding hydrogens is 230 g/mol. The minimum atomic E-state index is -0.780. The van der Waals surface area contributed by atoms with Gasteiger partial charge in [0, 0.05) is 12.5 Å². The molecule has 2 rings (SSSR count). The molecular formula is C11H10F2N2O2. The average molecular weight is 240 g/mol. The summed E-state index contributed by atoms with van der Waals surface area (Å²) in [5.41, 5.74) is 0.324. The molecule has 0 radical (unpaired) electrons. The lowest BCUT2D eigenvalue weighted by Crippen LogP contribution is -2.56. The normalized spacial score (nSPS) is 19.8. The minimum absolute atomic E-state index is 0.0618. The summed E-state index contributed by atoms with van der Waals surface area (Å²) in [6, 6.07) is 2.24. The summed E-state index contributed by atoms with van der Waals surface area (Å²) >= 11 is 0. The lowest BCUT2D eigenvalue weighted by Gasteiger charge is -2.23. The molecule has 2 N–H and O–H groups in total. The van der Waals surface area contributed by atoms with Gasteiger partial charge in [0.25, 0.3) is 0 Å². The Bertz CT molecular complexity index is 456.